The summed E-state index contributed by atoms with van der Waals surface area (Å²) in [6.07, 6.45) is 5.88. The van der Waals surface area contributed by atoms with Crippen LogP contribution in [0.4, 0.5) is 0 Å². The molecule has 0 amide bonds. The summed E-state index contributed by atoms with van der Waals surface area (Å²) in [7, 11) is -3.46. The average Bonchev–Trinajstić information content (AvgIpc) is 2.51. The molecule has 1 aromatic rings. The average molecular weight is 322 g/mol. The lowest BCUT2D eigenvalue weighted by molar-refractivity contribution is 0.150. The summed E-state index contributed by atoms with van der Waals surface area (Å²) in [5.74, 6) is 0. The summed E-state index contributed by atoms with van der Waals surface area (Å²) >= 11 is 0. The summed E-state index contributed by atoms with van der Waals surface area (Å²) < 4.78 is 25.2. The minimum Gasteiger partial charge on any atom is -0.393 e. The molecule has 1 N–H and O–H groups in total. The third kappa shape index (κ3) is 5.80. The first-order valence-electron chi connectivity index (χ1n) is 7.90. The van der Waals surface area contributed by atoms with Gasteiger partial charge in [0.25, 0.3) is 0 Å². The molecule has 1 atom stereocenters. The second-order valence-corrected chi connectivity index (χ2v) is 7.33. The molecule has 0 aliphatic carbocycles. The van der Waals surface area contributed by atoms with Gasteiger partial charge in [-0.25, -0.2) is 8.42 Å². The number of benzene rings is 1. The van der Waals surface area contributed by atoms with Crippen LogP contribution in [-0.2, 0) is 9.84 Å². The monoisotopic (exact) mass is 322 g/mol. The van der Waals surface area contributed by atoms with Crippen molar-refractivity contribution in [3.63, 3.8) is 0 Å². The van der Waals surface area contributed by atoms with Crippen LogP contribution in [0.25, 0.3) is 0 Å². The predicted molar refractivity (Wildman–Crippen MR) is 90.3 cm³/mol. The summed E-state index contributed by atoms with van der Waals surface area (Å²) in [5.41, 5.74) is 2.88. The first-order chi connectivity index (χ1) is 10.5. The highest BCUT2D eigenvalue weighted by atomic mass is 32.2. The molecule has 0 radical (unpaired) electrons. The highest BCUT2D eigenvalue weighted by Gasteiger charge is 2.19. The second kappa shape index (κ2) is 9.62. The van der Waals surface area contributed by atoms with E-state index in [1.165, 1.54) is 0 Å². The van der Waals surface area contributed by atoms with Gasteiger partial charge < -0.3 is 5.11 Å². The molecule has 1 unspecified atom stereocenters. The molecule has 1 aromatic carbocycles. The van der Waals surface area contributed by atoms with Crippen molar-refractivity contribution in [3.05, 3.63) is 47.0 Å². The Morgan fingerprint density at radius 2 is 1.91 bits per heavy atom. The molecule has 4 heteroatoms. The molecule has 0 bridgehead atoms. The summed E-state index contributed by atoms with van der Waals surface area (Å²) in [5, 5.41) is 9.71. The fourth-order valence-electron chi connectivity index (χ4n) is 2.33. The number of rotatable bonds is 9. The molecule has 122 valence electrons. The number of sulfone groups is 1. The molecule has 0 aliphatic rings. The van der Waals surface area contributed by atoms with Crippen LogP contribution in [0.15, 0.2) is 51.9 Å². The lowest BCUT2D eigenvalue weighted by Crippen LogP contribution is -2.07. The molecule has 0 saturated carbocycles. The number of allylic oxidation sites excluding steroid dienone is 1. The van der Waals surface area contributed by atoms with E-state index < -0.39 is 9.84 Å². The number of unbranched alkanes of at least 4 members (excludes halogenated alkanes) is 1. The molecule has 0 aromatic heterocycles. The zero-order valence-electron chi connectivity index (χ0n) is 13.5. The molecular weight excluding hydrogens is 296 g/mol. The molecule has 1 rings (SSSR count). The van der Waals surface area contributed by atoms with Crippen molar-refractivity contribution in [2.75, 3.05) is 0 Å². The van der Waals surface area contributed by atoms with E-state index >= 15 is 0 Å². The quantitative estimate of drug-likeness (QED) is 0.546. The molecular formula is C18H26O3S. The minimum absolute atomic E-state index is 0.273. The van der Waals surface area contributed by atoms with Gasteiger partial charge in [-0.15, -0.1) is 5.73 Å². The maximum atomic E-state index is 12.6. The van der Waals surface area contributed by atoms with E-state index in [0.717, 1.165) is 32.1 Å². The molecule has 3 nitrogen and oxygen atoms in total. The maximum Gasteiger partial charge on any atom is 0.210 e. The molecule has 0 aliphatic heterocycles. The largest absolute Gasteiger partial charge is 0.393 e. The molecule has 0 spiro atoms. The predicted octanol–water partition coefficient (Wildman–Crippen LogP) is 4.24. The molecule has 0 saturated heterocycles. The van der Waals surface area contributed by atoms with Gasteiger partial charge in [0.05, 0.1) is 15.9 Å². The SMILES string of the molecule is CC=C=C(CCCCC(O)CCC)S(=O)(=O)c1ccccc1. The van der Waals surface area contributed by atoms with E-state index in [2.05, 4.69) is 5.73 Å². The minimum atomic E-state index is -3.46. The van der Waals surface area contributed by atoms with Gasteiger partial charge in [-0.1, -0.05) is 38.0 Å². The summed E-state index contributed by atoms with van der Waals surface area (Å²) in [4.78, 5) is 0.636. The fraction of sp³-hybridized carbons (Fsp3) is 0.500. The van der Waals surface area contributed by atoms with Crippen LogP contribution in [0.1, 0.15) is 52.4 Å². The van der Waals surface area contributed by atoms with Gasteiger partial charge in [-0.05, 0) is 50.8 Å². The van der Waals surface area contributed by atoms with E-state index in [-0.39, 0.29) is 6.10 Å². The van der Waals surface area contributed by atoms with Gasteiger partial charge >= 0.3 is 0 Å². The van der Waals surface area contributed by atoms with Crippen LogP contribution < -0.4 is 0 Å². The first kappa shape index (κ1) is 18.7. The van der Waals surface area contributed by atoms with Crippen molar-refractivity contribution in [3.8, 4) is 0 Å². The number of aliphatic hydroxyl groups is 1. The van der Waals surface area contributed by atoms with E-state index in [1.54, 1.807) is 43.3 Å². The molecule has 22 heavy (non-hydrogen) atoms. The third-order valence-electron chi connectivity index (χ3n) is 3.50. The van der Waals surface area contributed by atoms with Gasteiger partial charge in [0.2, 0.25) is 9.84 Å². The van der Waals surface area contributed by atoms with Crippen molar-refractivity contribution < 1.29 is 13.5 Å². The van der Waals surface area contributed by atoms with Crippen LogP contribution in [-0.4, -0.2) is 19.6 Å². The Morgan fingerprint density at radius 1 is 1.23 bits per heavy atom. The summed E-state index contributed by atoms with van der Waals surface area (Å²) in [6.45, 7) is 3.81. The topological polar surface area (TPSA) is 54.4 Å². The van der Waals surface area contributed by atoms with E-state index in [9.17, 15) is 13.5 Å². The second-order valence-electron chi connectivity index (χ2n) is 5.36. The zero-order chi connectivity index (χ0) is 16.4. The van der Waals surface area contributed by atoms with E-state index in [0.29, 0.717) is 16.2 Å². The van der Waals surface area contributed by atoms with Gasteiger partial charge in [-0.2, -0.15) is 0 Å². The Labute approximate surface area is 134 Å². The van der Waals surface area contributed by atoms with Crippen molar-refractivity contribution in [2.24, 2.45) is 0 Å². The van der Waals surface area contributed by atoms with Crippen LogP contribution in [0.5, 0.6) is 0 Å². The van der Waals surface area contributed by atoms with Crippen LogP contribution >= 0.6 is 0 Å². The van der Waals surface area contributed by atoms with Crippen molar-refractivity contribution >= 4 is 9.84 Å². The van der Waals surface area contributed by atoms with E-state index in [4.69, 9.17) is 0 Å². The number of hydrogen-bond donors (Lipinski definition) is 1. The van der Waals surface area contributed by atoms with Crippen molar-refractivity contribution in [1.29, 1.82) is 0 Å². The van der Waals surface area contributed by atoms with Gasteiger partial charge in [0, 0.05) is 0 Å². The number of aliphatic hydroxyl groups excluding tert-OH is 1. The Morgan fingerprint density at radius 3 is 2.50 bits per heavy atom. The Hall–Kier alpha value is -1.35. The first-order valence-corrected chi connectivity index (χ1v) is 9.39. The van der Waals surface area contributed by atoms with Crippen molar-refractivity contribution in [2.45, 2.75) is 63.4 Å². The summed E-state index contributed by atoms with van der Waals surface area (Å²) in [6, 6.07) is 8.46. The Bertz CT molecular complexity index is 596. The van der Waals surface area contributed by atoms with Gasteiger partial charge in [-0.3, -0.25) is 0 Å². The highest BCUT2D eigenvalue weighted by Crippen LogP contribution is 2.23. The Balaban J connectivity index is 2.70. The van der Waals surface area contributed by atoms with Crippen molar-refractivity contribution in [1.82, 2.24) is 0 Å². The van der Waals surface area contributed by atoms with Gasteiger partial charge in [0.15, 0.2) is 0 Å². The zero-order valence-corrected chi connectivity index (χ0v) is 14.3. The van der Waals surface area contributed by atoms with E-state index in [1.807, 2.05) is 6.92 Å². The highest BCUT2D eigenvalue weighted by molar-refractivity contribution is 7.95. The smallest absolute Gasteiger partial charge is 0.210 e. The lowest BCUT2D eigenvalue weighted by atomic mass is 10.1. The maximum absolute atomic E-state index is 12.6. The van der Waals surface area contributed by atoms with Gasteiger partial charge in [0.1, 0.15) is 0 Å². The Kier molecular flexibility index (Phi) is 8.18. The normalized spacial score (nSPS) is 12.5. The molecule has 0 fully saturated rings. The van der Waals surface area contributed by atoms with Crippen LogP contribution in [0.2, 0.25) is 0 Å². The lowest BCUT2D eigenvalue weighted by Gasteiger charge is -2.10. The third-order valence-corrected chi connectivity index (χ3v) is 5.36. The standard InChI is InChI=1S/C18H26O3S/c1-3-10-16(19)12-8-9-15-17(11-4-2)22(20,21)18-13-6-5-7-14-18/h4-7,13-14,16,19H,3,8-10,12,15H2,1-2H3. The number of hydrogen-bond acceptors (Lipinski definition) is 3. The fourth-order valence-corrected chi connectivity index (χ4v) is 3.82. The van der Waals surface area contributed by atoms with Crippen LogP contribution in [0.3, 0.4) is 0 Å². The van der Waals surface area contributed by atoms with Crippen LogP contribution in [0, 0.1) is 0 Å². The molecule has 0 heterocycles.